The second-order valence-corrected chi connectivity index (χ2v) is 8.67. The zero-order valence-corrected chi connectivity index (χ0v) is 16.9. The molecule has 3 aromatic heterocycles. The fourth-order valence-electron chi connectivity index (χ4n) is 2.34. The first-order chi connectivity index (χ1) is 12.4. The molecule has 0 saturated carbocycles. The predicted octanol–water partition coefficient (Wildman–Crippen LogP) is 4.31. The van der Waals surface area contributed by atoms with Gasteiger partial charge in [-0.15, -0.1) is 21.5 Å². The quantitative estimate of drug-likeness (QED) is 0.630. The van der Waals surface area contributed by atoms with Crippen LogP contribution in [0.15, 0.2) is 28.0 Å². The highest BCUT2D eigenvalue weighted by Crippen LogP contribution is 2.31. The summed E-state index contributed by atoms with van der Waals surface area (Å²) in [6.07, 6.45) is 1.61. The van der Waals surface area contributed by atoms with E-state index in [-0.39, 0.29) is 17.2 Å². The molecule has 0 fully saturated rings. The van der Waals surface area contributed by atoms with E-state index in [1.54, 1.807) is 6.26 Å². The number of hydrogen-bond donors (Lipinski definition) is 1. The van der Waals surface area contributed by atoms with Crippen molar-refractivity contribution in [2.45, 2.75) is 51.1 Å². The largest absolute Gasteiger partial charge is 0.461 e. The molecule has 1 atom stereocenters. The van der Waals surface area contributed by atoms with E-state index >= 15 is 0 Å². The molecule has 0 unspecified atom stereocenters. The molecule has 0 radical (unpaired) electrons. The molecule has 0 aromatic carbocycles. The van der Waals surface area contributed by atoms with Crippen molar-refractivity contribution in [1.82, 2.24) is 19.7 Å². The predicted molar refractivity (Wildman–Crippen MR) is 104 cm³/mol. The van der Waals surface area contributed by atoms with Crippen LogP contribution in [0.3, 0.4) is 0 Å². The lowest BCUT2D eigenvalue weighted by Gasteiger charge is -2.15. The molecule has 1 amide bonds. The first kappa shape index (κ1) is 18.7. The SMILES string of the molecule is Cc1nc(NC(=O)[C@@H](C)Sc2nnc(-c3ccco3)n2C(C)C)sc1C. The van der Waals surface area contributed by atoms with Crippen molar-refractivity contribution in [3.63, 3.8) is 0 Å². The Morgan fingerprint density at radius 2 is 2.08 bits per heavy atom. The van der Waals surface area contributed by atoms with Gasteiger partial charge in [-0.1, -0.05) is 11.8 Å². The molecule has 3 aromatic rings. The van der Waals surface area contributed by atoms with E-state index in [4.69, 9.17) is 4.42 Å². The molecule has 0 bridgehead atoms. The van der Waals surface area contributed by atoms with Gasteiger partial charge in [-0.25, -0.2) is 4.98 Å². The number of thioether (sulfide) groups is 1. The van der Waals surface area contributed by atoms with Gasteiger partial charge in [-0.05, 0) is 46.8 Å². The Hall–Kier alpha value is -2.13. The van der Waals surface area contributed by atoms with Gasteiger partial charge in [0.05, 0.1) is 17.2 Å². The summed E-state index contributed by atoms with van der Waals surface area (Å²) in [5, 5.41) is 12.4. The van der Waals surface area contributed by atoms with Gasteiger partial charge in [-0.2, -0.15) is 0 Å². The van der Waals surface area contributed by atoms with Crippen LogP contribution in [0.2, 0.25) is 0 Å². The molecular formula is C17H21N5O2S2. The molecule has 26 heavy (non-hydrogen) atoms. The number of thiazole rings is 1. The number of carbonyl (C=O) groups is 1. The summed E-state index contributed by atoms with van der Waals surface area (Å²) in [5.74, 6) is 1.21. The summed E-state index contributed by atoms with van der Waals surface area (Å²) in [7, 11) is 0. The molecule has 0 aliphatic carbocycles. The number of hydrogen-bond acceptors (Lipinski definition) is 7. The van der Waals surface area contributed by atoms with Crippen molar-refractivity contribution in [1.29, 1.82) is 0 Å². The third kappa shape index (κ3) is 3.83. The van der Waals surface area contributed by atoms with Gasteiger partial charge in [0.2, 0.25) is 11.7 Å². The smallest absolute Gasteiger partial charge is 0.239 e. The van der Waals surface area contributed by atoms with Crippen molar-refractivity contribution < 1.29 is 9.21 Å². The van der Waals surface area contributed by atoms with Gasteiger partial charge in [0.1, 0.15) is 0 Å². The Morgan fingerprint density at radius 3 is 2.65 bits per heavy atom. The molecule has 9 heteroatoms. The summed E-state index contributed by atoms with van der Waals surface area (Å²) >= 11 is 2.85. The Bertz CT molecular complexity index is 879. The minimum Gasteiger partial charge on any atom is -0.461 e. The molecule has 7 nitrogen and oxygen atoms in total. The van der Waals surface area contributed by atoms with Crippen LogP contribution in [0.4, 0.5) is 5.13 Å². The Labute approximate surface area is 160 Å². The highest BCUT2D eigenvalue weighted by atomic mass is 32.2. The number of nitrogens with one attached hydrogen (secondary N) is 1. The van der Waals surface area contributed by atoms with E-state index in [0.29, 0.717) is 21.9 Å². The van der Waals surface area contributed by atoms with Crippen molar-refractivity contribution in [2.24, 2.45) is 0 Å². The van der Waals surface area contributed by atoms with E-state index < -0.39 is 0 Å². The molecule has 0 saturated heterocycles. The number of furan rings is 1. The lowest BCUT2D eigenvalue weighted by Crippen LogP contribution is -2.23. The summed E-state index contributed by atoms with van der Waals surface area (Å²) < 4.78 is 7.43. The van der Waals surface area contributed by atoms with E-state index in [0.717, 1.165) is 10.6 Å². The van der Waals surface area contributed by atoms with Crippen molar-refractivity contribution in [2.75, 3.05) is 5.32 Å². The maximum absolute atomic E-state index is 12.5. The van der Waals surface area contributed by atoms with Gasteiger partial charge in [0, 0.05) is 10.9 Å². The number of aromatic nitrogens is 4. The van der Waals surface area contributed by atoms with Crippen LogP contribution in [0.25, 0.3) is 11.6 Å². The average Bonchev–Trinajstić information content (AvgIpc) is 3.28. The van der Waals surface area contributed by atoms with E-state index in [1.807, 2.05) is 51.3 Å². The highest BCUT2D eigenvalue weighted by molar-refractivity contribution is 8.00. The lowest BCUT2D eigenvalue weighted by atomic mass is 10.3. The van der Waals surface area contributed by atoms with Gasteiger partial charge in [-0.3, -0.25) is 9.36 Å². The maximum Gasteiger partial charge on any atom is 0.239 e. The monoisotopic (exact) mass is 391 g/mol. The van der Waals surface area contributed by atoms with E-state index in [2.05, 4.69) is 20.5 Å². The summed E-state index contributed by atoms with van der Waals surface area (Å²) in [6, 6.07) is 3.79. The van der Waals surface area contributed by atoms with Crippen LogP contribution in [-0.2, 0) is 4.79 Å². The van der Waals surface area contributed by atoms with Crippen LogP contribution in [0.1, 0.15) is 37.4 Å². The minimum atomic E-state index is -0.342. The number of rotatable bonds is 6. The van der Waals surface area contributed by atoms with Crippen LogP contribution in [-0.4, -0.2) is 30.9 Å². The standard InChI is InChI=1S/C17H21N5O2S2/c1-9(2)22-14(13-7-6-8-24-13)20-21-17(22)26-12(5)15(23)19-16-18-10(3)11(4)25-16/h6-9,12H,1-5H3,(H,18,19,23)/t12-/m1/s1. The first-order valence-corrected chi connectivity index (χ1v) is 9.96. The molecule has 0 aliphatic rings. The number of amides is 1. The average molecular weight is 392 g/mol. The van der Waals surface area contributed by atoms with Crippen molar-refractivity contribution >= 4 is 34.1 Å². The Kier molecular flexibility index (Phi) is 5.47. The highest BCUT2D eigenvalue weighted by Gasteiger charge is 2.23. The number of aryl methyl sites for hydroxylation is 2. The third-order valence-corrected chi connectivity index (χ3v) is 5.88. The van der Waals surface area contributed by atoms with Crippen LogP contribution < -0.4 is 5.32 Å². The Balaban J connectivity index is 1.76. The fourth-order valence-corrected chi connectivity index (χ4v) is 4.14. The molecule has 3 rings (SSSR count). The topological polar surface area (TPSA) is 85.8 Å². The first-order valence-electron chi connectivity index (χ1n) is 8.27. The van der Waals surface area contributed by atoms with Crippen LogP contribution >= 0.6 is 23.1 Å². The van der Waals surface area contributed by atoms with Gasteiger partial charge in [0.25, 0.3) is 0 Å². The zero-order chi connectivity index (χ0) is 18.8. The van der Waals surface area contributed by atoms with Gasteiger partial charge in [0.15, 0.2) is 16.0 Å². The third-order valence-electron chi connectivity index (χ3n) is 3.83. The molecule has 0 spiro atoms. The zero-order valence-electron chi connectivity index (χ0n) is 15.3. The summed E-state index contributed by atoms with van der Waals surface area (Å²) in [6.45, 7) is 9.86. The maximum atomic E-state index is 12.5. The second kappa shape index (κ2) is 7.63. The Morgan fingerprint density at radius 1 is 1.31 bits per heavy atom. The van der Waals surface area contributed by atoms with Gasteiger partial charge < -0.3 is 9.73 Å². The minimum absolute atomic E-state index is 0.110. The summed E-state index contributed by atoms with van der Waals surface area (Å²) in [5.41, 5.74) is 0.938. The number of carbonyl (C=O) groups excluding carboxylic acids is 1. The second-order valence-electron chi connectivity index (χ2n) is 6.16. The number of nitrogens with zero attached hydrogens (tertiary/aromatic N) is 4. The van der Waals surface area contributed by atoms with E-state index in [9.17, 15) is 4.79 Å². The number of anilines is 1. The molecule has 1 N–H and O–H groups in total. The van der Waals surface area contributed by atoms with Crippen LogP contribution in [0.5, 0.6) is 0 Å². The molecule has 3 heterocycles. The normalized spacial score (nSPS) is 12.5. The lowest BCUT2D eigenvalue weighted by molar-refractivity contribution is -0.115. The molecule has 138 valence electrons. The fraction of sp³-hybridized carbons (Fsp3) is 0.412. The molecular weight excluding hydrogens is 370 g/mol. The van der Waals surface area contributed by atoms with Crippen molar-refractivity contribution in [3.05, 3.63) is 29.0 Å². The summed E-state index contributed by atoms with van der Waals surface area (Å²) in [4.78, 5) is 18.0. The van der Waals surface area contributed by atoms with Crippen molar-refractivity contribution in [3.8, 4) is 11.6 Å². The van der Waals surface area contributed by atoms with Crippen LogP contribution in [0, 0.1) is 13.8 Å². The molecule has 0 aliphatic heterocycles. The van der Waals surface area contributed by atoms with E-state index in [1.165, 1.54) is 23.1 Å². The van der Waals surface area contributed by atoms with Gasteiger partial charge >= 0.3 is 0 Å².